The van der Waals surface area contributed by atoms with Crippen LogP contribution in [0.5, 0.6) is 0 Å². The summed E-state index contributed by atoms with van der Waals surface area (Å²) in [5.41, 5.74) is 2.22. The lowest BCUT2D eigenvalue weighted by Crippen LogP contribution is -2.24. The lowest BCUT2D eigenvalue weighted by molar-refractivity contribution is 0.00693. The number of esters is 1. The highest BCUT2D eigenvalue weighted by Crippen LogP contribution is 2.16. The van der Waals surface area contributed by atoms with Crippen molar-refractivity contribution < 1.29 is 14.3 Å². The molecule has 0 fully saturated rings. The van der Waals surface area contributed by atoms with Crippen LogP contribution in [0, 0.1) is 6.92 Å². The number of carbonyl (C=O) groups is 1. The van der Waals surface area contributed by atoms with Crippen molar-refractivity contribution in [1.29, 1.82) is 0 Å². The number of ether oxygens (including phenoxy) is 2. The van der Waals surface area contributed by atoms with Gasteiger partial charge >= 0.3 is 5.97 Å². The Labute approximate surface area is 103 Å². The molecule has 0 aliphatic carbocycles. The van der Waals surface area contributed by atoms with Crippen molar-refractivity contribution in [2.24, 2.45) is 0 Å². The fraction of sp³-hybridized carbons (Fsp3) is 0.500. The van der Waals surface area contributed by atoms with Gasteiger partial charge in [-0.3, -0.25) is 0 Å². The molecule has 0 saturated heterocycles. The molecule has 0 unspecified atom stereocenters. The molecular formula is C14H20O3. The predicted molar refractivity (Wildman–Crippen MR) is 67.1 cm³/mol. The molecule has 0 N–H and O–H groups in total. The molecule has 1 aromatic carbocycles. The lowest BCUT2D eigenvalue weighted by atomic mass is 10.1. The second kappa shape index (κ2) is 5.32. The molecule has 0 saturated carbocycles. The summed E-state index contributed by atoms with van der Waals surface area (Å²) < 4.78 is 10.4. The summed E-state index contributed by atoms with van der Waals surface area (Å²) in [5.74, 6) is -0.296. The number of rotatable bonds is 3. The van der Waals surface area contributed by atoms with E-state index < -0.39 is 5.60 Å². The third-order valence-electron chi connectivity index (χ3n) is 2.28. The van der Waals surface area contributed by atoms with Gasteiger partial charge in [-0.25, -0.2) is 4.79 Å². The zero-order valence-electron chi connectivity index (χ0n) is 11.2. The number of benzene rings is 1. The van der Waals surface area contributed by atoms with Crippen LogP contribution >= 0.6 is 0 Å². The molecule has 0 radical (unpaired) electrons. The summed E-state index contributed by atoms with van der Waals surface area (Å²) >= 11 is 0. The Morgan fingerprint density at radius 2 is 1.94 bits per heavy atom. The molecule has 3 heteroatoms. The van der Waals surface area contributed by atoms with E-state index in [9.17, 15) is 4.79 Å². The third-order valence-corrected chi connectivity index (χ3v) is 2.28. The molecule has 94 valence electrons. The monoisotopic (exact) mass is 236 g/mol. The minimum absolute atomic E-state index is 0.296. The molecular weight excluding hydrogens is 216 g/mol. The molecule has 0 atom stereocenters. The van der Waals surface area contributed by atoms with Gasteiger partial charge < -0.3 is 9.47 Å². The molecule has 3 nitrogen and oxygen atoms in total. The number of aryl methyl sites for hydroxylation is 1. The average molecular weight is 236 g/mol. The van der Waals surface area contributed by atoms with Crippen LogP contribution in [0.15, 0.2) is 18.2 Å². The smallest absolute Gasteiger partial charge is 0.338 e. The Bertz CT molecular complexity index is 402. The fourth-order valence-corrected chi connectivity index (χ4v) is 1.45. The molecule has 0 bridgehead atoms. The predicted octanol–water partition coefficient (Wildman–Crippen LogP) is 3.10. The Hall–Kier alpha value is -1.35. The minimum atomic E-state index is -0.469. The van der Waals surface area contributed by atoms with Crippen LogP contribution in [0.25, 0.3) is 0 Å². The topological polar surface area (TPSA) is 35.5 Å². The van der Waals surface area contributed by atoms with Gasteiger partial charge in [0, 0.05) is 7.11 Å². The molecule has 0 aromatic heterocycles. The zero-order valence-corrected chi connectivity index (χ0v) is 11.2. The van der Waals surface area contributed by atoms with Crippen LogP contribution in [-0.4, -0.2) is 18.7 Å². The summed E-state index contributed by atoms with van der Waals surface area (Å²) in [5, 5.41) is 0. The van der Waals surface area contributed by atoms with Gasteiger partial charge in [0.1, 0.15) is 5.60 Å². The molecule has 0 amide bonds. The van der Waals surface area contributed by atoms with Gasteiger partial charge in [-0.1, -0.05) is 6.07 Å². The van der Waals surface area contributed by atoms with Crippen LogP contribution < -0.4 is 0 Å². The van der Waals surface area contributed by atoms with Crippen molar-refractivity contribution in [3.05, 3.63) is 34.9 Å². The summed E-state index contributed by atoms with van der Waals surface area (Å²) in [6, 6.07) is 5.52. The first-order valence-electron chi connectivity index (χ1n) is 5.65. The number of carbonyl (C=O) groups excluding carboxylic acids is 1. The fourth-order valence-electron chi connectivity index (χ4n) is 1.45. The maximum Gasteiger partial charge on any atom is 0.338 e. The number of hydrogen-bond donors (Lipinski definition) is 0. The zero-order chi connectivity index (χ0) is 13.1. The summed E-state index contributed by atoms with van der Waals surface area (Å²) in [7, 11) is 1.64. The van der Waals surface area contributed by atoms with Crippen LogP contribution in [0.1, 0.15) is 42.3 Å². The van der Waals surface area contributed by atoms with E-state index in [4.69, 9.17) is 9.47 Å². The van der Waals surface area contributed by atoms with Gasteiger partial charge in [0.2, 0.25) is 0 Å². The van der Waals surface area contributed by atoms with E-state index in [1.165, 1.54) is 0 Å². The van der Waals surface area contributed by atoms with Gasteiger partial charge in [-0.15, -0.1) is 0 Å². The van der Waals surface area contributed by atoms with E-state index in [2.05, 4.69) is 0 Å². The highest BCUT2D eigenvalue weighted by molar-refractivity contribution is 5.90. The molecule has 0 aliphatic rings. The van der Waals surface area contributed by atoms with Gasteiger partial charge in [0.15, 0.2) is 0 Å². The van der Waals surface area contributed by atoms with E-state index in [0.717, 1.165) is 11.1 Å². The summed E-state index contributed by atoms with van der Waals surface area (Å²) in [6.45, 7) is 8.06. The summed E-state index contributed by atoms with van der Waals surface area (Å²) in [4.78, 5) is 11.9. The third kappa shape index (κ3) is 4.19. The maximum absolute atomic E-state index is 11.9. The average Bonchev–Trinajstić information content (AvgIpc) is 2.19. The van der Waals surface area contributed by atoms with Crippen molar-refractivity contribution in [3.8, 4) is 0 Å². The van der Waals surface area contributed by atoms with Gasteiger partial charge in [-0.05, 0) is 51.0 Å². The standard InChI is InChI=1S/C14H20O3/c1-10-6-7-11(8-12(10)9-16-5)13(15)17-14(2,3)4/h6-8H,9H2,1-5H3. The molecule has 1 aromatic rings. The van der Waals surface area contributed by atoms with E-state index in [0.29, 0.717) is 12.2 Å². The molecule has 1 rings (SSSR count). The second-order valence-corrected chi connectivity index (χ2v) is 5.08. The molecule has 0 aliphatic heterocycles. The Balaban J connectivity index is 2.91. The van der Waals surface area contributed by atoms with Crippen LogP contribution in [0.2, 0.25) is 0 Å². The molecule has 17 heavy (non-hydrogen) atoms. The maximum atomic E-state index is 11.9. The number of methoxy groups -OCH3 is 1. The first kappa shape index (κ1) is 13.7. The van der Waals surface area contributed by atoms with E-state index >= 15 is 0 Å². The Morgan fingerprint density at radius 1 is 1.29 bits per heavy atom. The van der Waals surface area contributed by atoms with Crippen molar-refractivity contribution in [1.82, 2.24) is 0 Å². The van der Waals surface area contributed by atoms with Crippen LogP contribution in [0.4, 0.5) is 0 Å². The highest BCUT2D eigenvalue weighted by atomic mass is 16.6. The molecule has 0 spiro atoms. The van der Waals surface area contributed by atoms with Crippen molar-refractivity contribution in [2.45, 2.75) is 39.9 Å². The van der Waals surface area contributed by atoms with Gasteiger partial charge in [0.05, 0.1) is 12.2 Å². The molecule has 0 heterocycles. The van der Waals surface area contributed by atoms with Crippen LogP contribution in [-0.2, 0) is 16.1 Å². The van der Waals surface area contributed by atoms with Crippen LogP contribution in [0.3, 0.4) is 0 Å². The van der Waals surface area contributed by atoms with E-state index in [1.807, 2.05) is 39.8 Å². The highest BCUT2D eigenvalue weighted by Gasteiger charge is 2.18. The van der Waals surface area contributed by atoms with E-state index in [-0.39, 0.29) is 5.97 Å². The van der Waals surface area contributed by atoms with Crippen molar-refractivity contribution in [2.75, 3.05) is 7.11 Å². The quantitative estimate of drug-likeness (QED) is 0.756. The van der Waals surface area contributed by atoms with Gasteiger partial charge in [-0.2, -0.15) is 0 Å². The first-order valence-corrected chi connectivity index (χ1v) is 5.65. The van der Waals surface area contributed by atoms with Crippen molar-refractivity contribution >= 4 is 5.97 Å². The van der Waals surface area contributed by atoms with E-state index in [1.54, 1.807) is 13.2 Å². The van der Waals surface area contributed by atoms with Crippen molar-refractivity contribution in [3.63, 3.8) is 0 Å². The minimum Gasteiger partial charge on any atom is -0.456 e. The number of hydrogen-bond acceptors (Lipinski definition) is 3. The Morgan fingerprint density at radius 3 is 2.47 bits per heavy atom. The SMILES string of the molecule is COCc1cc(C(=O)OC(C)(C)C)ccc1C. The summed E-state index contributed by atoms with van der Waals surface area (Å²) in [6.07, 6.45) is 0. The first-order chi connectivity index (χ1) is 7.83. The van der Waals surface area contributed by atoms with Gasteiger partial charge in [0.25, 0.3) is 0 Å². The Kier molecular flexibility index (Phi) is 4.29. The normalized spacial score (nSPS) is 11.4. The largest absolute Gasteiger partial charge is 0.456 e. The second-order valence-electron chi connectivity index (χ2n) is 5.08. The lowest BCUT2D eigenvalue weighted by Gasteiger charge is -2.19.